The van der Waals surface area contributed by atoms with Crippen molar-refractivity contribution in [2.75, 3.05) is 23.3 Å². The Kier molecular flexibility index (Phi) is 4.73. The number of hydrogen-bond donors (Lipinski definition) is 1. The molecule has 1 atom stereocenters. The van der Waals surface area contributed by atoms with E-state index in [4.69, 9.17) is 5.10 Å². The van der Waals surface area contributed by atoms with Crippen LogP contribution in [0.4, 0.5) is 11.6 Å². The number of carbonyl (C=O) groups is 1. The van der Waals surface area contributed by atoms with Crippen molar-refractivity contribution in [1.82, 2.24) is 20.0 Å². The van der Waals surface area contributed by atoms with E-state index in [0.29, 0.717) is 18.1 Å². The highest BCUT2D eigenvalue weighted by molar-refractivity contribution is 5.95. The maximum atomic E-state index is 12.6. The van der Waals surface area contributed by atoms with Gasteiger partial charge in [-0.25, -0.2) is 0 Å². The fourth-order valence-corrected chi connectivity index (χ4v) is 4.61. The van der Waals surface area contributed by atoms with E-state index in [-0.39, 0.29) is 11.8 Å². The maximum Gasteiger partial charge on any atom is 0.226 e. The molecule has 1 amide bonds. The standard InChI is InChI=1S/C23H26N6O/c1-15-7-6-8-17(13-15)18-14-21(30)24-23-22(18)16(2)27-29(23)20-10-9-19(25-26-20)28-11-4-3-5-12-28/h6-10,13,18H,3-5,11-12,14H2,1-2H3,(H,24,30)/t18-/m1/s1. The van der Waals surface area contributed by atoms with Gasteiger partial charge in [-0.1, -0.05) is 29.8 Å². The Morgan fingerprint density at radius 2 is 1.77 bits per heavy atom. The van der Waals surface area contributed by atoms with Crippen molar-refractivity contribution >= 4 is 17.5 Å². The minimum Gasteiger partial charge on any atom is -0.355 e. The minimum absolute atomic E-state index is 0.00643. The largest absolute Gasteiger partial charge is 0.355 e. The van der Waals surface area contributed by atoms with Crippen LogP contribution in [0, 0.1) is 13.8 Å². The van der Waals surface area contributed by atoms with Gasteiger partial charge in [-0.15, -0.1) is 10.2 Å². The van der Waals surface area contributed by atoms with Crippen molar-refractivity contribution in [3.63, 3.8) is 0 Å². The summed E-state index contributed by atoms with van der Waals surface area (Å²) in [6.07, 6.45) is 4.09. The zero-order valence-electron chi connectivity index (χ0n) is 17.4. The number of fused-ring (bicyclic) bond motifs is 1. The molecular weight excluding hydrogens is 376 g/mol. The lowest BCUT2D eigenvalue weighted by molar-refractivity contribution is -0.116. The highest BCUT2D eigenvalue weighted by Gasteiger charge is 2.33. The molecule has 0 aliphatic carbocycles. The number of anilines is 2. The number of rotatable bonds is 3. The highest BCUT2D eigenvalue weighted by Crippen LogP contribution is 2.40. The van der Waals surface area contributed by atoms with Crippen LogP contribution in [0.2, 0.25) is 0 Å². The average molecular weight is 403 g/mol. The predicted molar refractivity (Wildman–Crippen MR) is 116 cm³/mol. The quantitative estimate of drug-likeness (QED) is 0.722. The predicted octanol–water partition coefficient (Wildman–Crippen LogP) is 3.74. The molecule has 1 fully saturated rings. The monoisotopic (exact) mass is 402 g/mol. The highest BCUT2D eigenvalue weighted by atomic mass is 16.1. The molecule has 1 N–H and O–H groups in total. The Balaban J connectivity index is 1.52. The second-order valence-electron chi connectivity index (χ2n) is 8.28. The number of aryl methyl sites for hydroxylation is 2. The van der Waals surface area contributed by atoms with Gasteiger partial charge in [0.05, 0.1) is 5.69 Å². The number of carbonyl (C=O) groups excluding carboxylic acids is 1. The number of aromatic nitrogens is 4. The molecule has 0 saturated carbocycles. The van der Waals surface area contributed by atoms with E-state index >= 15 is 0 Å². The molecule has 0 radical (unpaired) electrons. The van der Waals surface area contributed by atoms with Crippen molar-refractivity contribution in [2.45, 2.75) is 45.4 Å². The number of nitrogens with one attached hydrogen (secondary N) is 1. The van der Waals surface area contributed by atoms with E-state index in [2.05, 4.69) is 45.5 Å². The van der Waals surface area contributed by atoms with Crippen molar-refractivity contribution < 1.29 is 4.79 Å². The molecule has 0 bridgehead atoms. The molecule has 3 aromatic rings. The average Bonchev–Trinajstić information content (AvgIpc) is 3.10. The molecule has 30 heavy (non-hydrogen) atoms. The number of benzene rings is 1. The first-order chi connectivity index (χ1) is 14.6. The third-order valence-electron chi connectivity index (χ3n) is 6.08. The summed E-state index contributed by atoms with van der Waals surface area (Å²) < 4.78 is 1.72. The SMILES string of the molecule is Cc1cccc([C@H]2CC(=O)Nc3c2c(C)nn3-c2ccc(N3CCCCC3)nn2)c1. The van der Waals surface area contributed by atoms with Gasteiger partial charge >= 0.3 is 0 Å². The maximum absolute atomic E-state index is 12.6. The third kappa shape index (κ3) is 3.34. The zero-order chi connectivity index (χ0) is 20.7. The van der Waals surface area contributed by atoms with Crippen LogP contribution < -0.4 is 10.2 Å². The topological polar surface area (TPSA) is 75.9 Å². The van der Waals surface area contributed by atoms with E-state index in [1.807, 2.05) is 25.1 Å². The van der Waals surface area contributed by atoms with E-state index in [9.17, 15) is 4.79 Å². The van der Waals surface area contributed by atoms with Gasteiger partial charge in [-0.3, -0.25) is 4.79 Å². The molecule has 2 aromatic heterocycles. The van der Waals surface area contributed by atoms with Gasteiger partial charge in [0, 0.05) is 31.0 Å². The van der Waals surface area contributed by atoms with E-state index < -0.39 is 0 Å². The normalized spacial score (nSPS) is 18.8. The van der Waals surface area contributed by atoms with Gasteiger partial charge in [0.2, 0.25) is 5.91 Å². The Morgan fingerprint density at radius 1 is 1.00 bits per heavy atom. The van der Waals surface area contributed by atoms with Crippen LogP contribution in [0.15, 0.2) is 36.4 Å². The van der Waals surface area contributed by atoms with E-state index in [0.717, 1.165) is 35.7 Å². The first-order valence-corrected chi connectivity index (χ1v) is 10.6. The molecule has 7 nitrogen and oxygen atoms in total. The van der Waals surface area contributed by atoms with Gasteiger partial charge in [-0.2, -0.15) is 9.78 Å². The summed E-state index contributed by atoms with van der Waals surface area (Å²) >= 11 is 0. The van der Waals surface area contributed by atoms with Crippen LogP contribution >= 0.6 is 0 Å². The third-order valence-corrected chi connectivity index (χ3v) is 6.08. The Hall–Kier alpha value is -3.22. The lowest BCUT2D eigenvalue weighted by Gasteiger charge is -2.27. The number of piperidine rings is 1. The van der Waals surface area contributed by atoms with Gasteiger partial charge in [-0.05, 0) is 50.8 Å². The van der Waals surface area contributed by atoms with E-state index in [1.54, 1.807) is 4.68 Å². The molecule has 7 heteroatoms. The number of amides is 1. The van der Waals surface area contributed by atoms with Gasteiger partial charge < -0.3 is 10.2 Å². The molecule has 5 rings (SSSR count). The van der Waals surface area contributed by atoms with Crippen molar-refractivity contribution in [2.24, 2.45) is 0 Å². The van der Waals surface area contributed by atoms with Crippen molar-refractivity contribution in [1.29, 1.82) is 0 Å². The van der Waals surface area contributed by atoms with E-state index in [1.165, 1.54) is 24.8 Å². The summed E-state index contributed by atoms with van der Waals surface area (Å²) in [5.41, 5.74) is 4.28. The second-order valence-corrected chi connectivity index (χ2v) is 8.28. The molecule has 0 unspecified atom stereocenters. The fourth-order valence-electron chi connectivity index (χ4n) is 4.61. The summed E-state index contributed by atoms with van der Waals surface area (Å²) in [4.78, 5) is 14.8. The first-order valence-electron chi connectivity index (χ1n) is 10.6. The van der Waals surface area contributed by atoms with Crippen molar-refractivity contribution in [3.8, 4) is 5.82 Å². The molecule has 154 valence electrons. The minimum atomic E-state index is -0.0111. The first kappa shape index (κ1) is 18.8. The molecular formula is C23H26N6O. The molecule has 4 heterocycles. The summed E-state index contributed by atoms with van der Waals surface area (Å²) in [5.74, 6) is 2.20. The lowest BCUT2D eigenvalue weighted by Crippen LogP contribution is -2.30. The van der Waals surface area contributed by atoms with Crippen LogP contribution in [0.25, 0.3) is 5.82 Å². The number of hydrogen-bond acceptors (Lipinski definition) is 5. The van der Waals surface area contributed by atoms with Gasteiger partial charge in [0.15, 0.2) is 11.6 Å². The van der Waals surface area contributed by atoms with Gasteiger partial charge in [0.25, 0.3) is 0 Å². The van der Waals surface area contributed by atoms with Gasteiger partial charge in [0.1, 0.15) is 5.82 Å². The Labute approximate surface area is 176 Å². The fraction of sp³-hybridized carbons (Fsp3) is 0.391. The second kappa shape index (κ2) is 7.55. The zero-order valence-corrected chi connectivity index (χ0v) is 17.4. The molecule has 1 aromatic carbocycles. The van der Waals surface area contributed by atoms with Crippen LogP contribution in [0.5, 0.6) is 0 Å². The Morgan fingerprint density at radius 3 is 2.50 bits per heavy atom. The molecule has 2 aliphatic heterocycles. The summed E-state index contributed by atoms with van der Waals surface area (Å²) in [7, 11) is 0. The van der Waals surface area contributed by atoms with Crippen molar-refractivity contribution in [3.05, 3.63) is 58.8 Å². The van der Waals surface area contributed by atoms with Crippen LogP contribution in [0.1, 0.15) is 54.0 Å². The Bertz CT molecular complexity index is 1080. The lowest BCUT2D eigenvalue weighted by atomic mass is 9.85. The van der Waals surface area contributed by atoms with Crippen LogP contribution in [-0.2, 0) is 4.79 Å². The molecule has 1 saturated heterocycles. The summed E-state index contributed by atoms with van der Waals surface area (Å²) in [6, 6.07) is 12.3. The smallest absolute Gasteiger partial charge is 0.226 e. The summed E-state index contributed by atoms with van der Waals surface area (Å²) in [5, 5.41) is 16.6. The molecule has 2 aliphatic rings. The van der Waals surface area contributed by atoms with Crippen LogP contribution in [-0.4, -0.2) is 39.0 Å². The molecule has 0 spiro atoms. The number of nitrogens with zero attached hydrogens (tertiary/aromatic N) is 5. The summed E-state index contributed by atoms with van der Waals surface area (Å²) in [6.45, 7) is 6.12. The van der Waals surface area contributed by atoms with Crippen LogP contribution in [0.3, 0.4) is 0 Å².